The fourth-order valence-electron chi connectivity index (χ4n) is 7.47. The SMILES string of the molecule is O=C1N[C@@H](C2CCCC2)C(=O)N2C[C@@H](C[C@H]2C(=O)O)Oc2cc3ccccc3nc2CCCCC[C@@H]2CCC[C@H]2O1. The number of carboxylic acid groups (broad SMARTS) is 1. The maximum atomic E-state index is 14.0. The van der Waals surface area contributed by atoms with Crippen LogP contribution in [0.4, 0.5) is 4.79 Å². The number of ether oxygens (including phenoxy) is 2. The van der Waals surface area contributed by atoms with Crippen LogP contribution in [-0.2, 0) is 20.7 Å². The van der Waals surface area contributed by atoms with Crippen LogP contribution in [0.25, 0.3) is 10.9 Å². The van der Waals surface area contributed by atoms with E-state index in [-0.39, 0.29) is 30.9 Å². The summed E-state index contributed by atoms with van der Waals surface area (Å²) in [5.74, 6) is -0.459. The Balaban J connectivity index is 1.32. The minimum Gasteiger partial charge on any atom is -0.487 e. The van der Waals surface area contributed by atoms with Crippen LogP contribution in [0.1, 0.15) is 82.7 Å². The Morgan fingerprint density at radius 3 is 2.51 bits per heavy atom. The van der Waals surface area contributed by atoms with Crippen molar-refractivity contribution in [2.75, 3.05) is 6.54 Å². The van der Waals surface area contributed by atoms with Gasteiger partial charge in [0.2, 0.25) is 5.91 Å². The van der Waals surface area contributed by atoms with Gasteiger partial charge in [0.05, 0.1) is 17.8 Å². The van der Waals surface area contributed by atoms with E-state index in [1.807, 2.05) is 30.3 Å². The molecule has 41 heavy (non-hydrogen) atoms. The molecule has 0 unspecified atom stereocenters. The van der Waals surface area contributed by atoms with E-state index in [1.165, 1.54) is 4.90 Å². The van der Waals surface area contributed by atoms with Gasteiger partial charge < -0.3 is 24.8 Å². The highest BCUT2D eigenvalue weighted by molar-refractivity contribution is 5.90. The summed E-state index contributed by atoms with van der Waals surface area (Å²) in [6.45, 7) is 0.146. The Hall–Kier alpha value is -3.36. The minimum absolute atomic E-state index is 0.0364. The van der Waals surface area contributed by atoms with Gasteiger partial charge in [-0.3, -0.25) is 4.79 Å². The van der Waals surface area contributed by atoms with E-state index in [0.717, 1.165) is 93.6 Å². The zero-order valence-corrected chi connectivity index (χ0v) is 23.6. The van der Waals surface area contributed by atoms with Crippen molar-refractivity contribution in [1.82, 2.24) is 15.2 Å². The molecular formula is C32H41N3O6. The molecule has 3 heterocycles. The van der Waals surface area contributed by atoms with Crippen molar-refractivity contribution in [3.63, 3.8) is 0 Å². The van der Waals surface area contributed by atoms with Gasteiger partial charge in [0.15, 0.2) is 0 Å². The van der Waals surface area contributed by atoms with Crippen molar-refractivity contribution in [2.45, 2.75) is 108 Å². The van der Waals surface area contributed by atoms with Crippen molar-refractivity contribution < 1.29 is 29.0 Å². The number of aromatic nitrogens is 1. The summed E-state index contributed by atoms with van der Waals surface area (Å²) < 4.78 is 12.4. The van der Waals surface area contributed by atoms with E-state index in [2.05, 4.69) is 5.32 Å². The second-order valence-electron chi connectivity index (χ2n) is 12.3. The molecule has 220 valence electrons. The summed E-state index contributed by atoms with van der Waals surface area (Å²) in [5.41, 5.74) is 1.78. The fraction of sp³-hybridized carbons (Fsp3) is 0.625. The molecule has 2 aliphatic heterocycles. The number of carboxylic acids is 1. The molecule has 2 N–H and O–H groups in total. The molecule has 9 nitrogen and oxygen atoms in total. The zero-order valence-electron chi connectivity index (χ0n) is 23.6. The molecule has 2 saturated carbocycles. The molecule has 0 spiro atoms. The number of para-hydroxylation sites is 1. The number of carbonyl (C=O) groups excluding carboxylic acids is 2. The van der Waals surface area contributed by atoms with Crippen LogP contribution in [0.2, 0.25) is 0 Å². The van der Waals surface area contributed by atoms with Crippen molar-refractivity contribution in [2.24, 2.45) is 11.8 Å². The Kier molecular flexibility index (Phi) is 8.30. The average Bonchev–Trinajstić information content (AvgIpc) is 3.73. The second-order valence-corrected chi connectivity index (χ2v) is 12.3. The molecule has 4 aliphatic rings. The van der Waals surface area contributed by atoms with E-state index in [9.17, 15) is 19.5 Å². The molecule has 2 aromatic rings. The summed E-state index contributed by atoms with van der Waals surface area (Å²) in [6, 6.07) is 8.10. The Morgan fingerprint density at radius 2 is 1.68 bits per heavy atom. The van der Waals surface area contributed by atoms with Gasteiger partial charge in [0, 0.05) is 11.8 Å². The largest absolute Gasteiger partial charge is 0.487 e. The quantitative estimate of drug-likeness (QED) is 0.513. The van der Waals surface area contributed by atoms with Crippen LogP contribution in [-0.4, -0.2) is 63.8 Å². The first-order valence-electron chi connectivity index (χ1n) is 15.5. The highest BCUT2D eigenvalue weighted by atomic mass is 16.6. The standard InChI is InChI=1S/C32H41N3O6/c36-30-29(21-10-4-5-11-21)34-32(39)41-27-16-8-13-20(27)9-2-1-3-15-25-28(17-22-12-6-7-14-24(22)33-25)40-23-18-26(31(37)38)35(30)19-23/h6-7,12,14,17,20-21,23,26-27,29H,1-5,8-11,13,15-16,18-19H2,(H,34,39)(H,37,38)/t20-,23-,26+,27-,29+/m1/s1. The number of carbonyl (C=O) groups is 3. The predicted molar refractivity (Wildman–Crippen MR) is 153 cm³/mol. The molecule has 2 aliphatic carbocycles. The number of amides is 2. The normalized spacial score (nSPS) is 30.0. The van der Waals surface area contributed by atoms with Gasteiger partial charge in [-0.05, 0) is 75.3 Å². The van der Waals surface area contributed by atoms with Gasteiger partial charge >= 0.3 is 12.1 Å². The molecule has 1 aromatic heterocycles. The summed E-state index contributed by atoms with van der Waals surface area (Å²) in [4.78, 5) is 45.9. The van der Waals surface area contributed by atoms with Crippen LogP contribution < -0.4 is 10.1 Å². The van der Waals surface area contributed by atoms with Crippen LogP contribution in [0.5, 0.6) is 5.75 Å². The molecule has 3 fully saturated rings. The Morgan fingerprint density at radius 1 is 0.927 bits per heavy atom. The zero-order chi connectivity index (χ0) is 28.3. The van der Waals surface area contributed by atoms with Crippen molar-refractivity contribution in [3.05, 3.63) is 36.0 Å². The van der Waals surface area contributed by atoms with Gasteiger partial charge in [0.25, 0.3) is 0 Å². The van der Waals surface area contributed by atoms with Crippen LogP contribution in [0, 0.1) is 11.8 Å². The first kappa shape index (κ1) is 27.8. The minimum atomic E-state index is -1.06. The number of pyridine rings is 1. The lowest BCUT2D eigenvalue weighted by atomic mass is 9.96. The highest BCUT2D eigenvalue weighted by Gasteiger charge is 2.46. The van der Waals surface area contributed by atoms with Crippen molar-refractivity contribution in [3.8, 4) is 5.75 Å². The number of hydrogen-bond acceptors (Lipinski definition) is 6. The summed E-state index contributed by atoms with van der Waals surface area (Å²) in [7, 11) is 0. The number of benzene rings is 1. The smallest absolute Gasteiger partial charge is 0.408 e. The third-order valence-corrected chi connectivity index (χ3v) is 9.63. The maximum Gasteiger partial charge on any atom is 0.408 e. The van der Waals surface area contributed by atoms with Crippen LogP contribution in [0.15, 0.2) is 30.3 Å². The van der Waals surface area contributed by atoms with Crippen molar-refractivity contribution in [1.29, 1.82) is 0 Å². The topological polar surface area (TPSA) is 118 Å². The first-order valence-corrected chi connectivity index (χ1v) is 15.5. The number of alkyl carbamates (subject to hydrolysis) is 1. The number of aliphatic carboxylic acids is 1. The summed E-state index contributed by atoms with van der Waals surface area (Å²) in [6.07, 6.45) is 10.3. The maximum absolute atomic E-state index is 14.0. The lowest BCUT2D eigenvalue weighted by Crippen LogP contribution is -2.55. The van der Waals surface area contributed by atoms with E-state index in [4.69, 9.17) is 14.5 Å². The Labute approximate surface area is 241 Å². The van der Waals surface area contributed by atoms with E-state index in [0.29, 0.717) is 11.7 Å². The molecule has 2 amide bonds. The molecule has 0 radical (unpaired) electrons. The van der Waals surface area contributed by atoms with Crippen LogP contribution in [0.3, 0.4) is 0 Å². The molecule has 9 heteroatoms. The molecule has 5 atom stereocenters. The molecule has 6 rings (SSSR count). The van der Waals surface area contributed by atoms with Gasteiger partial charge in [-0.1, -0.05) is 43.9 Å². The predicted octanol–water partition coefficient (Wildman–Crippen LogP) is 5.24. The summed E-state index contributed by atoms with van der Waals surface area (Å²) >= 11 is 0. The monoisotopic (exact) mass is 563 g/mol. The number of nitrogens with one attached hydrogen (secondary N) is 1. The van der Waals surface area contributed by atoms with Crippen molar-refractivity contribution >= 4 is 28.9 Å². The van der Waals surface area contributed by atoms with Gasteiger partial charge in [-0.25, -0.2) is 14.6 Å². The number of nitrogens with zero attached hydrogens (tertiary/aromatic N) is 2. The molecule has 2 bridgehead atoms. The molecular weight excluding hydrogens is 522 g/mol. The Bertz CT molecular complexity index is 1280. The number of hydrogen-bond donors (Lipinski definition) is 2. The number of aryl methyl sites for hydroxylation is 1. The number of rotatable bonds is 2. The number of fused-ring (bicyclic) bond motifs is 5. The van der Waals surface area contributed by atoms with Gasteiger partial charge in [-0.15, -0.1) is 0 Å². The second kappa shape index (κ2) is 12.2. The van der Waals surface area contributed by atoms with E-state index >= 15 is 0 Å². The first-order chi connectivity index (χ1) is 20.0. The lowest BCUT2D eigenvalue weighted by molar-refractivity contribution is -0.149. The average molecular weight is 564 g/mol. The van der Waals surface area contributed by atoms with Crippen LogP contribution >= 0.6 is 0 Å². The van der Waals surface area contributed by atoms with Gasteiger partial charge in [0.1, 0.15) is 30.0 Å². The van der Waals surface area contributed by atoms with Gasteiger partial charge in [-0.2, -0.15) is 0 Å². The third kappa shape index (κ3) is 6.14. The van der Waals surface area contributed by atoms with E-state index < -0.39 is 30.3 Å². The third-order valence-electron chi connectivity index (χ3n) is 9.63. The summed E-state index contributed by atoms with van der Waals surface area (Å²) in [5, 5.41) is 14.0. The van der Waals surface area contributed by atoms with E-state index in [1.54, 1.807) is 0 Å². The fourth-order valence-corrected chi connectivity index (χ4v) is 7.47. The highest BCUT2D eigenvalue weighted by Crippen LogP contribution is 2.35. The lowest BCUT2D eigenvalue weighted by Gasteiger charge is -2.31. The molecule has 1 saturated heterocycles. The molecule has 1 aromatic carbocycles.